The largest absolute Gasteiger partial charge is 0.481 e. The predicted molar refractivity (Wildman–Crippen MR) is 108 cm³/mol. The summed E-state index contributed by atoms with van der Waals surface area (Å²) in [6, 6.07) is 9.38. The van der Waals surface area contributed by atoms with Gasteiger partial charge in [0, 0.05) is 38.2 Å². The van der Waals surface area contributed by atoms with E-state index >= 15 is 0 Å². The Kier molecular flexibility index (Phi) is 5.04. The lowest BCUT2D eigenvalue weighted by atomic mass is 9.97. The van der Waals surface area contributed by atoms with Crippen molar-refractivity contribution in [2.24, 2.45) is 0 Å². The molecule has 2 heterocycles. The number of fused-ring (bicyclic) bond motifs is 1. The number of benzene rings is 1. The number of ketones is 1. The maximum absolute atomic E-state index is 13.0. The monoisotopic (exact) mass is 382 g/mol. The minimum absolute atomic E-state index is 0.0398. The van der Waals surface area contributed by atoms with Gasteiger partial charge in [0.1, 0.15) is 5.60 Å². The highest BCUT2D eigenvalue weighted by Crippen LogP contribution is 2.30. The van der Waals surface area contributed by atoms with E-state index in [-0.39, 0.29) is 23.5 Å². The summed E-state index contributed by atoms with van der Waals surface area (Å²) in [6.45, 7) is 5.67. The van der Waals surface area contributed by atoms with Gasteiger partial charge >= 0.3 is 0 Å². The van der Waals surface area contributed by atoms with Crippen LogP contribution >= 0.6 is 0 Å². The van der Waals surface area contributed by atoms with Crippen LogP contribution in [-0.4, -0.2) is 59.3 Å². The first-order chi connectivity index (χ1) is 13.3. The van der Waals surface area contributed by atoms with Crippen LogP contribution in [0.3, 0.4) is 0 Å². The van der Waals surface area contributed by atoms with E-state index in [1.165, 1.54) is 17.2 Å². The Morgan fingerprint density at radius 2 is 1.89 bits per heavy atom. The molecule has 5 heteroatoms. The molecule has 4 rings (SSSR count). The van der Waals surface area contributed by atoms with Crippen molar-refractivity contribution >= 4 is 11.7 Å². The van der Waals surface area contributed by atoms with Gasteiger partial charge in [0.15, 0.2) is 11.5 Å². The number of rotatable bonds is 3. The zero-order valence-corrected chi connectivity index (χ0v) is 17.1. The fourth-order valence-corrected chi connectivity index (χ4v) is 4.85. The molecule has 0 unspecified atom stereocenters. The lowest BCUT2D eigenvalue weighted by Crippen LogP contribution is -2.52. The number of amides is 1. The number of nitrogens with zero attached hydrogens (tertiary/aromatic N) is 2. The molecule has 0 N–H and O–H groups in total. The third-order valence-corrected chi connectivity index (χ3v) is 6.33. The Morgan fingerprint density at radius 1 is 1.21 bits per heavy atom. The van der Waals surface area contributed by atoms with Crippen molar-refractivity contribution < 1.29 is 14.3 Å². The third-order valence-electron chi connectivity index (χ3n) is 6.33. The summed E-state index contributed by atoms with van der Waals surface area (Å²) in [5, 5.41) is 0. The molecule has 150 valence electrons. The van der Waals surface area contributed by atoms with Gasteiger partial charge in [0.25, 0.3) is 5.91 Å². The van der Waals surface area contributed by atoms with E-state index in [0.717, 1.165) is 38.8 Å². The average Bonchev–Trinajstić information content (AvgIpc) is 3.09. The third kappa shape index (κ3) is 3.86. The van der Waals surface area contributed by atoms with Crippen molar-refractivity contribution in [3.8, 4) is 0 Å². The predicted octanol–water partition coefficient (Wildman–Crippen LogP) is 2.73. The highest BCUT2D eigenvalue weighted by atomic mass is 16.5. The van der Waals surface area contributed by atoms with E-state index in [0.29, 0.717) is 12.5 Å². The van der Waals surface area contributed by atoms with Crippen LogP contribution in [0.1, 0.15) is 44.2 Å². The molecule has 28 heavy (non-hydrogen) atoms. The highest BCUT2D eigenvalue weighted by molar-refractivity contribution is 6.01. The topological polar surface area (TPSA) is 49.9 Å². The van der Waals surface area contributed by atoms with Crippen molar-refractivity contribution in [1.29, 1.82) is 0 Å². The second-order valence-corrected chi connectivity index (χ2v) is 9.05. The minimum atomic E-state index is -0.619. The number of likely N-dealkylation sites (N-methyl/N-ethyl adjacent to an activating group) is 1. The van der Waals surface area contributed by atoms with Crippen molar-refractivity contribution in [1.82, 2.24) is 9.80 Å². The standard InChI is InChI=1S/C23H30N2O3/c1-23(2)14-20(26)13-21(28-23)22(27)24(3)18-9-6-10-25(15-18)19-11-16-7-4-5-8-17(16)12-19/h4-5,7-8,13,18-19H,6,9-12,14-15H2,1-3H3/t18-/m1/s1. The van der Waals surface area contributed by atoms with E-state index in [1.54, 1.807) is 4.90 Å². The van der Waals surface area contributed by atoms with Crippen LogP contribution in [-0.2, 0) is 27.2 Å². The Labute approximate surface area is 167 Å². The van der Waals surface area contributed by atoms with Gasteiger partial charge in [-0.25, -0.2) is 0 Å². The van der Waals surface area contributed by atoms with E-state index in [9.17, 15) is 9.59 Å². The van der Waals surface area contributed by atoms with Crippen LogP contribution in [0.5, 0.6) is 0 Å². The molecule has 1 aromatic carbocycles. The van der Waals surface area contributed by atoms with Gasteiger partial charge in [-0.1, -0.05) is 24.3 Å². The van der Waals surface area contributed by atoms with Crippen molar-refractivity contribution in [2.75, 3.05) is 20.1 Å². The van der Waals surface area contributed by atoms with E-state index in [4.69, 9.17) is 4.74 Å². The molecule has 0 aromatic heterocycles. The van der Waals surface area contributed by atoms with Gasteiger partial charge in [-0.3, -0.25) is 14.5 Å². The average molecular weight is 383 g/mol. The smallest absolute Gasteiger partial charge is 0.289 e. The van der Waals surface area contributed by atoms with Gasteiger partial charge in [-0.05, 0) is 57.2 Å². The van der Waals surface area contributed by atoms with Gasteiger partial charge < -0.3 is 9.64 Å². The number of piperidine rings is 1. The molecule has 0 saturated carbocycles. The number of allylic oxidation sites excluding steroid dienone is 1. The van der Waals surface area contributed by atoms with Gasteiger partial charge in [-0.15, -0.1) is 0 Å². The van der Waals surface area contributed by atoms with Crippen LogP contribution in [0.4, 0.5) is 0 Å². The van der Waals surface area contributed by atoms with E-state index < -0.39 is 5.60 Å². The number of carbonyl (C=O) groups is 2. The zero-order valence-electron chi connectivity index (χ0n) is 17.1. The maximum Gasteiger partial charge on any atom is 0.289 e. The van der Waals surface area contributed by atoms with Gasteiger partial charge in [0.05, 0.1) is 0 Å². The normalized spacial score (nSPS) is 25.0. The Balaban J connectivity index is 1.42. The molecule has 2 aliphatic heterocycles. The van der Waals surface area contributed by atoms with E-state index in [2.05, 4.69) is 29.2 Å². The van der Waals surface area contributed by atoms with Crippen LogP contribution in [0, 0.1) is 0 Å². The quantitative estimate of drug-likeness (QED) is 0.807. The number of hydrogen-bond acceptors (Lipinski definition) is 4. The maximum atomic E-state index is 13.0. The molecule has 1 amide bonds. The van der Waals surface area contributed by atoms with Crippen LogP contribution in [0.2, 0.25) is 0 Å². The van der Waals surface area contributed by atoms with Crippen molar-refractivity contribution in [3.05, 3.63) is 47.2 Å². The Bertz CT molecular complexity index is 789. The van der Waals surface area contributed by atoms with Gasteiger partial charge in [-0.2, -0.15) is 0 Å². The molecular weight excluding hydrogens is 352 g/mol. The summed E-state index contributed by atoms with van der Waals surface area (Å²) in [4.78, 5) is 29.3. The van der Waals surface area contributed by atoms with Gasteiger partial charge in [0.2, 0.25) is 0 Å². The molecule has 0 radical (unpaired) electrons. The molecule has 1 fully saturated rings. The summed E-state index contributed by atoms with van der Waals surface area (Å²) in [7, 11) is 1.84. The Hall–Kier alpha value is -2.14. The summed E-state index contributed by atoms with van der Waals surface area (Å²) in [5.74, 6) is -0.0289. The summed E-state index contributed by atoms with van der Waals surface area (Å²) >= 11 is 0. The first-order valence-electron chi connectivity index (χ1n) is 10.3. The zero-order chi connectivity index (χ0) is 19.9. The fraction of sp³-hybridized carbons (Fsp3) is 0.565. The molecule has 1 saturated heterocycles. The Morgan fingerprint density at radius 3 is 2.54 bits per heavy atom. The van der Waals surface area contributed by atoms with Crippen LogP contribution in [0.15, 0.2) is 36.1 Å². The molecule has 1 aliphatic carbocycles. The van der Waals surface area contributed by atoms with Crippen LogP contribution < -0.4 is 0 Å². The first kappa shape index (κ1) is 19.2. The fourth-order valence-electron chi connectivity index (χ4n) is 4.85. The molecule has 0 bridgehead atoms. The minimum Gasteiger partial charge on any atom is -0.481 e. The lowest BCUT2D eigenvalue weighted by Gasteiger charge is -2.41. The van der Waals surface area contributed by atoms with Crippen LogP contribution in [0.25, 0.3) is 0 Å². The SMILES string of the molecule is CN(C(=O)C1=CC(=O)CC(C)(C)O1)[C@@H]1CCCN(C2Cc3ccccc3C2)C1. The summed E-state index contributed by atoms with van der Waals surface area (Å²) < 4.78 is 5.82. The molecule has 0 spiro atoms. The number of carbonyl (C=O) groups excluding carboxylic acids is 2. The van der Waals surface area contributed by atoms with Crippen molar-refractivity contribution in [3.63, 3.8) is 0 Å². The lowest BCUT2D eigenvalue weighted by molar-refractivity contribution is -0.139. The molecule has 3 aliphatic rings. The number of hydrogen-bond donors (Lipinski definition) is 0. The molecular formula is C23H30N2O3. The first-order valence-corrected chi connectivity index (χ1v) is 10.3. The number of ether oxygens (including phenoxy) is 1. The number of likely N-dealkylation sites (tertiary alicyclic amines) is 1. The summed E-state index contributed by atoms with van der Waals surface area (Å²) in [6.07, 6.45) is 5.95. The molecule has 1 aromatic rings. The summed E-state index contributed by atoms with van der Waals surface area (Å²) in [5.41, 5.74) is 2.30. The van der Waals surface area contributed by atoms with Crippen molar-refractivity contribution in [2.45, 2.75) is 63.6 Å². The van der Waals surface area contributed by atoms with E-state index in [1.807, 2.05) is 20.9 Å². The second-order valence-electron chi connectivity index (χ2n) is 9.05. The molecule has 1 atom stereocenters. The molecule has 5 nitrogen and oxygen atoms in total. The second kappa shape index (κ2) is 7.36. The highest BCUT2D eigenvalue weighted by Gasteiger charge is 2.37.